The Morgan fingerprint density at radius 1 is 0.583 bits per heavy atom. The van der Waals surface area contributed by atoms with Crippen LogP contribution in [-0.4, -0.2) is 87.5 Å². The number of hydrogen-bond donors (Lipinski definition) is 6. The number of carbonyl (C=O) groups is 1. The van der Waals surface area contributed by atoms with Gasteiger partial charge in [0.2, 0.25) is 5.91 Å². The predicted octanol–water partition coefficient (Wildman–Crippen LogP) is 11.2. The first-order valence-electron chi connectivity index (χ1n) is 25.2. The number of aliphatic hydroxyl groups is 5. The summed E-state index contributed by atoms with van der Waals surface area (Å²) in [6.07, 6.45) is 44.7. The lowest BCUT2D eigenvalue weighted by Gasteiger charge is -2.40. The molecule has 7 unspecified atom stereocenters. The number of rotatable bonds is 42. The zero-order valence-corrected chi connectivity index (χ0v) is 38.7. The van der Waals surface area contributed by atoms with Crippen molar-refractivity contribution < 1.29 is 39.8 Å². The Kier molecular flexibility index (Phi) is 39.0. The molecular weight excluding hydrogens is 755 g/mol. The summed E-state index contributed by atoms with van der Waals surface area (Å²) in [5.41, 5.74) is 0. The Bertz CT molecular complexity index is 1030. The smallest absolute Gasteiger partial charge is 0.220 e. The van der Waals surface area contributed by atoms with Crippen molar-refractivity contribution in [2.45, 2.75) is 269 Å². The van der Waals surface area contributed by atoms with Crippen molar-refractivity contribution in [1.82, 2.24) is 5.32 Å². The molecule has 1 fully saturated rings. The van der Waals surface area contributed by atoms with Gasteiger partial charge in [0.05, 0.1) is 25.4 Å². The van der Waals surface area contributed by atoms with Gasteiger partial charge in [0.25, 0.3) is 0 Å². The summed E-state index contributed by atoms with van der Waals surface area (Å²) in [5.74, 6) is -0.177. The first-order valence-corrected chi connectivity index (χ1v) is 25.2. The second kappa shape index (κ2) is 41.4. The van der Waals surface area contributed by atoms with Gasteiger partial charge in [-0.05, 0) is 44.9 Å². The van der Waals surface area contributed by atoms with Gasteiger partial charge >= 0.3 is 0 Å². The van der Waals surface area contributed by atoms with E-state index in [0.29, 0.717) is 6.42 Å². The Morgan fingerprint density at radius 2 is 1.03 bits per heavy atom. The number of allylic oxidation sites excluding steroid dienone is 5. The van der Waals surface area contributed by atoms with Crippen molar-refractivity contribution in [2.75, 3.05) is 13.2 Å². The summed E-state index contributed by atoms with van der Waals surface area (Å²) < 4.78 is 11.2. The van der Waals surface area contributed by atoms with Crippen LogP contribution in [0, 0.1) is 0 Å². The summed E-state index contributed by atoms with van der Waals surface area (Å²) in [6, 6.07) is -0.803. The van der Waals surface area contributed by atoms with E-state index in [1.165, 1.54) is 154 Å². The van der Waals surface area contributed by atoms with Gasteiger partial charge in [-0.3, -0.25) is 4.79 Å². The van der Waals surface area contributed by atoms with Gasteiger partial charge in [-0.2, -0.15) is 0 Å². The molecule has 1 heterocycles. The monoisotopic (exact) mass is 850 g/mol. The highest BCUT2D eigenvalue weighted by atomic mass is 16.7. The minimum absolute atomic E-state index is 0.177. The second-order valence-corrected chi connectivity index (χ2v) is 17.6. The molecule has 1 amide bonds. The first kappa shape index (κ1) is 56.4. The Balaban J connectivity index is 2.28. The Morgan fingerprint density at radius 3 is 1.52 bits per heavy atom. The van der Waals surface area contributed by atoms with Gasteiger partial charge in [0.1, 0.15) is 24.4 Å². The molecule has 0 radical (unpaired) electrons. The summed E-state index contributed by atoms with van der Waals surface area (Å²) in [5, 5.41) is 54.3. The van der Waals surface area contributed by atoms with Crippen LogP contribution in [0.15, 0.2) is 36.5 Å². The van der Waals surface area contributed by atoms with Crippen LogP contribution in [0.1, 0.15) is 226 Å². The molecule has 6 N–H and O–H groups in total. The van der Waals surface area contributed by atoms with Crippen molar-refractivity contribution in [2.24, 2.45) is 0 Å². The molecule has 0 bridgehead atoms. The van der Waals surface area contributed by atoms with Gasteiger partial charge in [0.15, 0.2) is 6.29 Å². The van der Waals surface area contributed by atoms with Crippen LogP contribution in [0.2, 0.25) is 0 Å². The van der Waals surface area contributed by atoms with Gasteiger partial charge in [-0.1, -0.05) is 211 Å². The van der Waals surface area contributed by atoms with Crippen LogP contribution in [0.25, 0.3) is 0 Å². The van der Waals surface area contributed by atoms with E-state index in [2.05, 4.69) is 43.5 Å². The molecule has 1 saturated heterocycles. The quantitative estimate of drug-likeness (QED) is 0.0263. The number of carbonyl (C=O) groups excluding carboxylic acids is 1. The van der Waals surface area contributed by atoms with E-state index < -0.39 is 49.5 Å². The van der Waals surface area contributed by atoms with Gasteiger partial charge in [-0.15, -0.1) is 0 Å². The molecule has 0 saturated carbocycles. The minimum Gasteiger partial charge on any atom is -0.394 e. The summed E-state index contributed by atoms with van der Waals surface area (Å²) >= 11 is 0. The van der Waals surface area contributed by atoms with Gasteiger partial charge < -0.3 is 40.3 Å². The van der Waals surface area contributed by atoms with Crippen molar-refractivity contribution in [3.05, 3.63) is 36.5 Å². The van der Waals surface area contributed by atoms with Crippen LogP contribution >= 0.6 is 0 Å². The fourth-order valence-electron chi connectivity index (χ4n) is 7.96. The van der Waals surface area contributed by atoms with E-state index in [9.17, 15) is 30.3 Å². The van der Waals surface area contributed by atoms with E-state index >= 15 is 0 Å². The zero-order valence-electron chi connectivity index (χ0n) is 38.7. The fourth-order valence-corrected chi connectivity index (χ4v) is 7.96. The number of amides is 1. The van der Waals surface area contributed by atoms with Crippen molar-refractivity contribution >= 4 is 5.91 Å². The third kappa shape index (κ3) is 31.3. The highest BCUT2D eigenvalue weighted by Crippen LogP contribution is 2.23. The number of nitrogens with one attached hydrogen (secondary N) is 1. The van der Waals surface area contributed by atoms with Gasteiger partial charge in [-0.25, -0.2) is 0 Å². The molecule has 1 rings (SSSR count). The number of hydrogen-bond acceptors (Lipinski definition) is 8. The fraction of sp³-hybridized carbons (Fsp3) is 0.863. The van der Waals surface area contributed by atoms with Crippen molar-refractivity contribution in [3.63, 3.8) is 0 Å². The molecule has 9 nitrogen and oxygen atoms in total. The molecule has 0 aliphatic carbocycles. The Labute approximate surface area is 368 Å². The minimum atomic E-state index is -1.56. The molecule has 7 atom stereocenters. The number of aliphatic hydroxyl groups excluding tert-OH is 5. The van der Waals surface area contributed by atoms with E-state index in [4.69, 9.17) is 9.47 Å². The van der Waals surface area contributed by atoms with E-state index in [-0.39, 0.29) is 12.5 Å². The maximum absolute atomic E-state index is 13.0. The zero-order chi connectivity index (χ0) is 43.7. The van der Waals surface area contributed by atoms with E-state index in [1.54, 1.807) is 6.08 Å². The molecule has 1 aliphatic rings. The van der Waals surface area contributed by atoms with Crippen LogP contribution in [-0.2, 0) is 14.3 Å². The predicted molar refractivity (Wildman–Crippen MR) is 249 cm³/mol. The standard InChI is InChI=1S/C51H95NO8/c1-3-5-7-9-11-13-15-17-19-21-22-23-24-25-27-29-31-33-35-37-39-41-47(55)52-44(43-59-51-50(58)49(57)48(56)46(42-53)60-51)45(54)40-38-36-34-32-30-28-26-20-18-16-14-12-10-8-6-4-2/h5,7,11,13,38,40,44-46,48-51,53-54,56-58H,3-4,6,8-10,12,14-37,39,41-43H2,1-2H3,(H,52,55)/b7-5-,13-11-,40-38+. The molecule has 60 heavy (non-hydrogen) atoms. The third-order valence-corrected chi connectivity index (χ3v) is 12.0. The average molecular weight is 850 g/mol. The Hall–Kier alpha value is -1.59. The maximum atomic E-state index is 13.0. The maximum Gasteiger partial charge on any atom is 0.220 e. The number of ether oxygens (including phenoxy) is 2. The van der Waals surface area contributed by atoms with Gasteiger partial charge in [0, 0.05) is 6.42 Å². The largest absolute Gasteiger partial charge is 0.394 e. The van der Waals surface area contributed by atoms with Crippen molar-refractivity contribution in [1.29, 1.82) is 0 Å². The van der Waals surface area contributed by atoms with Crippen LogP contribution in [0.3, 0.4) is 0 Å². The highest BCUT2D eigenvalue weighted by Gasteiger charge is 2.44. The average Bonchev–Trinajstić information content (AvgIpc) is 3.25. The normalized spacial score (nSPS) is 20.8. The summed E-state index contributed by atoms with van der Waals surface area (Å²) in [4.78, 5) is 13.0. The molecule has 0 aromatic rings. The molecule has 9 heteroatoms. The molecule has 352 valence electrons. The van der Waals surface area contributed by atoms with Crippen LogP contribution < -0.4 is 5.32 Å². The topological polar surface area (TPSA) is 149 Å². The molecule has 0 spiro atoms. The summed E-state index contributed by atoms with van der Waals surface area (Å²) in [6.45, 7) is 3.69. The van der Waals surface area contributed by atoms with Crippen LogP contribution in [0.5, 0.6) is 0 Å². The molecule has 0 aromatic carbocycles. The lowest BCUT2D eigenvalue weighted by atomic mass is 9.99. The van der Waals surface area contributed by atoms with Crippen molar-refractivity contribution in [3.8, 4) is 0 Å². The first-order chi connectivity index (χ1) is 29.3. The lowest BCUT2D eigenvalue weighted by Crippen LogP contribution is -2.60. The van der Waals surface area contributed by atoms with Crippen LogP contribution in [0.4, 0.5) is 0 Å². The number of unbranched alkanes of at least 4 members (excludes halogenated alkanes) is 28. The molecule has 0 aromatic heterocycles. The molecular formula is C51H95NO8. The SMILES string of the molecule is CC/C=C\C/C=C\CCCCCCCCCCCCCCCCC(=O)NC(COC1OC(CO)C(O)C(O)C1O)C(O)/C=C/CCCCCCCCCCCCCCCC. The summed E-state index contributed by atoms with van der Waals surface area (Å²) in [7, 11) is 0. The second-order valence-electron chi connectivity index (χ2n) is 17.6. The highest BCUT2D eigenvalue weighted by molar-refractivity contribution is 5.76. The van der Waals surface area contributed by atoms with E-state index in [1.807, 2.05) is 6.08 Å². The molecule has 1 aliphatic heterocycles. The lowest BCUT2D eigenvalue weighted by molar-refractivity contribution is -0.302. The van der Waals surface area contributed by atoms with E-state index in [0.717, 1.165) is 51.4 Å². The third-order valence-electron chi connectivity index (χ3n) is 12.0.